The SMILES string of the molecule is Cn1nc(C2CCN(C(=O)C3CCS(=O)(=O)C3)CC2)c2cccnc21. The second-order valence-electron chi connectivity index (χ2n) is 7.08. The van der Waals surface area contributed by atoms with Crippen LogP contribution in [-0.4, -0.2) is 58.6 Å². The molecular weight excluding hydrogens is 340 g/mol. The van der Waals surface area contributed by atoms with Gasteiger partial charge in [-0.2, -0.15) is 5.10 Å². The molecule has 0 bridgehead atoms. The van der Waals surface area contributed by atoms with Crippen LogP contribution in [0.1, 0.15) is 30.9 Å². The summed E-state index contributed by atoms with van der Waals surface area (Å²) in [6.07, 6.45) is 3.95. The van der Waals surface area contributed by atoms with E-state index in [9.17, 15) is 13.2 Å². The number of pyridine rings is 1. The van der Waals surface area contributed by atoms with Crippen molar-refractivity contribution >= 4 is 26.8 Å². The Morgan fingerprint density at radius 2 is 2.00 bits per heavy atom. The molecule has 2 aliphatic rings. The first-order valence-electron chi connectivity index (χ1n) is 8.71. The van der Waals surface area contributed by atoms with Crippen molar-refractivity contribution in [3.63, 3.8) is 0 Å². The first kappa shape index (κ1) is 16.5. The van der Waals surface area contributed by atoms with E-state index in [4.69, 9.17) is 0 Å². The van der Waals surface area contributed by atoms with E-state index in [2.05, 4.69) is 10.1 Å². The Hall–Kier alpha value is -1.96. The number of hydrogen-bond donors (Lipinski definition) is 0. The molecule has 1 amide bonds. The Morgan fingerprint density at radius 3 is 2.68 bits per heavy atom. The minimum atomic E-state index is -3.02. The van der Waals surface area contributed by atoms with Crippen molar-refractivity contribution in [2.75, 3.05) is 24.6 Å². The van der Waals surface area contributed by atoms with Gasteiger partial charge in [0.05, 0.1) is 23.1 Å². The van der Waals surface area contributed by atoms with E-state index in [1.807, 2.05) is 28.8 Å². The van der Waals surface area contributed by atoms with Gasteiger partial charge in [-0.3, -0.25) is 9.48 Å². The van der Waals surface area contributed by atoms with E-state index < -0.39 is 9.84 Å². The Morgan fingerprint density at radius 1 is 1.24 bits per heavy atom. The lowest BCUT2D eigenvalue weighted by atomic mass is 9.91. The van der Waals surface area contributed by atoms with Crippen LogP contribution in [0.5, 0.6) is 0 Å². The van der Waals surface area contributed by atoms with Crippen LogP contribution >= 0.6 is 0 Å². The highest BCUT2D eigenvalue weighted by Crippen LogP contribution is 2.32. The third-order valence-corrected chi connectivity index (χ3v) is 7.17. The first-order valence-corrected chi connectivity index (χ1v) is 10.5. The highest BCUT2D eigenvalue weighted by atomic mass is 32.2. The van der Waals surface area contributed by atoms with Crippen molar-refractivity contribution in [1.29, 1.82) is 0 Å². The number of piperidine rings is 1. The Balaban J connectivity index is 1.45. The monoisotopic (exact) mass is 362 g/mol. The number of fused-ring (bicyclic) bond motifs is 1. The molecule has 0 N–H and O–H groups in total. The highest BCUT2D eigenvalue weighted by molar-refractivity contribution is 7.91. The van der Waals surface area contributed by atoms with Gasteiger partial charge < -0.3 is 4.90 Å². The summed E-state index contributed by atoms with van der Waals surface area (Å²) in [5, 5.41) is 5.73. The number of aromatic nitrogens is 3. The zero-order chi connectivity index (χ0) is 17.6. The second kappa shape index (κ2) is 6.09. The summed E-state index contributed by atoms with van der Waals surface area (Å²) < 4.78 is 25.0. The molecule has 2 aromatic rings. The van der Waals surface area contributed by atoms with Gasteiger partial charge in [0.1, 0.15) is 0 Å². The quantitative estimate of drug-likeness (QED) is 0.799. The number of aryl methyl sites for hydroxylation is 1. The minimum absolute atomic E-state index is 0.00655. The van der Waals surface area contributed by atoms with E-state index in [0.29, 0.717) is 25.4 Å². The maximum Gasteiger partial charge on any atom is 0.226 e. The van der Waals surface area contributed by atoms with E-state index in [1.165, 1.54) is 0 Å². The van der Waals surface area contributed by atoms with Gasteiger partial charge in [-0.25, -0.2) is 13.4 Å². The molecule has 0 spiro atoms. The largest absolute Gasteiger partial charge is 0.342 e. The van der Waals surface area contributed by atoms with Crippen LogP contribution in [0.15, 0.2) is 18.3 Å². The Bertz CT molecular complexity index is 913. The summed E-state index contributed by atoms with van der Waals surface area (Å²) in [5.74, 6) is 0.132. The number of rotatable bonds is 2. The highest BCUT2D eigenvalue weighted by Gasteiger charge is 2.37. The zero-order valence-corrected chi connectivity index (χ0v) is 15.1. The molecule has 8 heteroatoms. The van der Waals surface area contributed by atoms with Crippen LogP contribution < -0.4 is 0 Å². The predicted octanol–water partition coefficient (Wildman–Crippen LogP) is 1.11. The topological polar surface area (TPSA) is 85.2 Å². The summed E-state index contributed by atoms with van der Waals surface area (Å²) in [4.78, 5) is 18.8. The lowest BCUT2D eigenvalue weighted by Gasteiger charge is -2.32. The molecule has 0 radical (unpaired) electrons. The molecule has 2 saturated heterocycles. The maximum atomic E-state index is 12.6. The van der Waals surface area contributed by atoms with Crippen LogP contribution in [0.3, 0.4) is 0 Å². The molecule has 4 heterocycles. The lowest BCUT2D eigenvalue weighted by molar-refractivity contribution is -0.135. The summed E-state index contributed by atoms with van der Waals surface area (Å²) in [6, 6.07) is 3.97. The van der Waals surface area contributed by atoms with Crippen molar-refractivity contribution in [3.05, 3.63) is 24.0 Å². The van der Waals surface area contributed by atoms with Crippen LogP contribution in [0.2, 0.25) is 0 Å². The molecule has 2 aliphatic heterocycles. The summed E-state index contributed by atoms with van der Waals surface area (Å²) in [6.45, 7) is 1.33. The molecule has 0 aliphatic carbocycles. The van der Waals surface area contributed by atoms with Crippen molar-refractivity contribution in [1.82, 2.24) is 19.7 Å². The molecule has 4 rings (SSSR count). The third kappa shape index (κ3) is 3.03. The minimum Gasteiger partial charge on any atom is -0.342 e. The van der Waals surface area contributed by atoms with Gasteiger partial charge in [-0.05, 0) is 31.4 Å². The molecule has 2 aromatic heterocycles. The first-order chi connectivity index (χ1) is 11.9. The summed E-state index contributed by atoms with van der Waals surface area (Å²) >= 11 is 0. The van der Waals surface area contributed by atoms with E-state index >= 15 is 0 Å². The van der Waals surface area contributed by atoms with Gasteiger partial charge in [0.15, 0.2) is 15.5 Å². The van der Waals surface area contributed by atoms with Gasteiger partial charge in [0, 0.05) is 37.6 Å². The van der Waals surface area contributed by atoms with Gasteiger partial charge in [0.2, 0.25) is 5.91 Å². The van der Waals surface area contributed by atoms with Gasteiger partial charge in [0.25, 0.3) is 0 Å². The molecule has 2 fully saturated rings. The Labute approximate surface area is 146 Å². The summed E-state index contributed by atoms with van der Waals surface area (Å²) in [7, 11) is -1.12. The average Bonchev–Trinajstić information content (AvgIpc) is 3.15. The Kier molecular flexibility index (Phi) is 4.02. The maximum absolute atomic E-state index is 12.6. The lowest BCUT2D eigenvalue weighted by Crippen LogP contribution is -2.41. The number of likely N-dealkylation sites (tertiary alicyclic amines) is 1. The molecule has 1 unspecified atom stereocenters. The number of amides is 1. The van der Waals surface area contributed by atoms with Gasteiger partial charge in [-0.15, -0.1) is 0 Å². The van der Waals surface area contributed by atoms with Crippen LogP contribution in [0.25, 0.3) is 11.0 Å². The fourth-order valence-corrected chi connectivity index (χ4v) is 5.77. The van der Waals surface area contributed by atoms with Crippen LogP contribution in [0, 0.1) is 5.92 Å². The second-order valence-corrected chi connectivity index (χ2v) is 9.31. The van der Waals surface area contributed by atoms with Crippen molar-refractivity contribution in [2.24, 2.45) is 13.0 Å². The fourth-order valence-electron chi connectivity index (χ4n) is 4.04. The summed E-state index contributed by atoms with van der Waals surface area (Å²) in [5.41, 5.74) is 1.94. The van der Waals surface area contributed by atoms with Crippen LogP contribution in [-0.2, 0) is 21.7 Å². The molecule has 134 valence electrons. The van der Waals surface area contributed by atoms with E-state index in [-0.39, 0.29) is 23.3 Å². The zero-order valence-electron chi connectivity index (χ0n) is 14.3. The van der Waals surface area contributed by atoms with Crippen molar-refractivity contribution < 1.29 is 13.2 Å². The standard InChI is InChI=1S/C17H22N4O3S/c1-20-16-14(3-2-7-18-16)15(19-20)12-4-8-21(9-5-12)17(22)13-6-10-25(23,24)11-13/h2-3,7,12-13H,4-6,8-11H2,1H3. The fraction of sp³-hybridized carbons (Fsp3) is 0.588. The van der Waals surface area contributed by atoms with E-state index in [1.54, 1.807) is 6.20 Å². The number of sulfone groups is 1. The van der Waals surface area contributed by atoms with E-state index in [0.717, 1.165) is 29.6 Å². The predicted molar refractivity (Wildman–Crippen MR) is 93.8 cm³/mol. The molecule has 0 aromatic carbocycles. The number of nitrogens with zero attached hydrogens (tertiary/aromatic N) is 4. The number of carbonyl (C=O) groups excluding carboxylic acids is 1. The van der Waals surface area contributed by atoms with Crippen LogP contribution in [0.4, 0.5) is 0 Å². The third-order valence-electron chi connectivity index (χ3n) is 5.40. The van der Waals surface area contributed by atoms with Crippen molar-refractivity contribution in [3.8, 4) is 0 Å². The average molecular weight is 362 g/mol. The normalized spacial score (nSPS) is 24.0. The van der Waals surface area contributed by atoms with Gasteiger partial charge in [-0.1, -0.05) is 0 Å². The molecular formula is C17H22N4O3S. The smallest absolute Gasteiger partial charge is 0.226 e. The molecule has 7 nitrogen and oxygen atoms in total. The number of hydrogen-bond acceptors (Lipinski definition) is 5. The van der Waals surface area contributed by atoms with Gasteiger partial charge >= 0.3 is 0 Å². The van der Waals surface area contributed by atoms with Crippen molar-refractivity contribution in [2.45, 2.75) is 25.2 Å². The molecule has 0 saturated carbocycles. The number of carbonyl (C=O) groups is 1. The molecule has 25 heavy (non-hydrogen) atoms. The molecule has 1 atom stereocenters.